The van der Waals surface area contributed by atoms with Crippen LogP contribution in [0.5, 0.6) is 5.75 Å². The molecule has 0 bridgehead atoms. The molecule has 134 valence electrons. The third-order valence-corrected chi connectivity index (χ3v) is 4.65. The zero-order valence-electron chi connectivity index (χ0n) is 14.3. The minimum absolute atomic E-state index is 0.0325. The summed E-state index contributed by atoms with van der Waals surface area (Å²) >= 11 is 12.1. The minimum Gasteiger partial charge on any atom is -0.507 e. The molecule has 4 aromatic rings. The molecule has 0 aliphatic carbocycles. The quantitative estimate of drug-likeness (QED) is 0.398. The zero-order chi connectivity index (χ0) is 19.0. The summed E-state index contributed by atoms with van der Waals surface area (Å²) in [7, 11) is 0. The Kier molecular flexibility index (Phi) is 4.60. The highest BCUT2D eigenvalue weighted by molar-refractivity contribution is 6.35. The van der Waals surface area contributed by atoms with Crippen LogP contribution in [0.2, 0.25) is 10.0 Å². The summed E-state index contributed by atoms with van der Waals surface area (Å²) in [6.07, 6.45) is 1.60. The fourth-order valence-corrected chi connectivity index (χ4v) is 3.03. The number of oxazole rings is 1. The van der Waals surface area contributed by atoms with E-state index < -0.39 is 0 Å². The van der Waals surface area contributed by atoms with E-state index >= 15 is 0 Å². The maximum Gasteiger partial charge on any atom is 0.231 e. The van der Waals surface area contributed by atoms with E-state index in [1.807, 2.05) is 25.1 Å². The number of phenolic OH excluding ortho intramolecular Hbond substituents is 1. The molecule has 0 aliphatic heterocycles. The monoisotopic (exact) mass is 396 g/mol. The molecular formula is C21H14Cl2N2O2. The van der Waals surface area contributed by atoms with Crippen molar-refractivity contribution < 1.29 is 9.52 Å². The number of aromatic nitrogens is 1. The summed E-state index contributed by atoms with van der Waals surface area (Å²) < 4.78 is 5.77. The Labute approximate surface area is 165 Å². The molecule has 27 heavy (non-hydrogen) atoms. The van der Waals surface area contributed by atoms with Gasteiger partial charge in [-0.05, 0) is 55.0 Å². The first-order valence-electron chi connectivity index (χ1n) is 8.19. The first-order valence-corrected chi connectivity index (χ1v) is 8.95. The van der Waals surface area contributed by atoms with E-state index in [-0.39, 0.29) is 5.75 Å². The summed E-state index contributed by atoms with van der Waals surface area (Å²) in [5.74, 6) is 0.395. The summed E-state index contributed by atoms with van der Waals surface area (Å²) in [6, 6.07) is 16.0. The number of aryl methyl sites for hydroxylation is 1. The summed E-state index contributed by atoms with van der Waals surface area (Å²) in [5, 5.41) is 11.5. The molecular weight excluding hydrogens is 383 g/mol. The largest absolute Gasteiger partial charge is 0.507 e. The molecule has 1 N–H and O–H groups in total. The number of benzene rings is 3. The summed E-state index contributed by atoms with van der Waals surface area (Å²) in [4.78, 5) is 8.78. The molecule has 0 saturated carbocycles. The summed E-state index contributed by atoms with van der Waals surface area (Å²) in [5.41, 5.74) is 4.28. The number of halogens is 2. The third-order valence-electron chi connectivity index (χ3n) is 4.07. The molecule has 0 saturated heterocycles. The van der Waals surface area contributed by atoms with Crippen LogP contribution in [0.25, 0.3) is 22.6 Å². The second kappa shape index (κ2) is 7.06. The van der Waals surface area contributed by atoms with Crippen molar-refractivity contribution in [2.75, 3.05) is 0 Å². The normalized spacial score (nSPS) is 11.5. The smallest absolute Gasteiger partial charge is 0.231 e. The number of hydrogen-bond donors (Lipinski definition) is 1. The van der Waals surface area contributed by atoms with E-state index in [1.54, 1.807) is 42.6 Å². The fourth-order valence-electron chi connectivity index (χ4n) is 2.69. The molecule has 3 aromatic carbocycles. The van der Waals surface area contributed by atoms with E-state index in [9.17, 15) is 5.11 Å². The Bertz CT molecular complexity index is 1180. The lowest BCUT2D eigenvalue weighted by Crippen LogP contribution is -1.83. The van der Waals surface area contributed by atoms with Gasteiger partial charge >= 0.3 is 0 Å². The van der Waals surface area contributed by atoms with Crippen molar-refractivity contribution in [3.8, 4) is 17.2 Å². The molecule has 0 unspecified atom stereocenters. The molecule has 0 amide bonds. The van der Waals surface area contributed by atoms with Crippen molar-refractivity contribution >= 4 is 46.2 Å². The van der Waals surface area contributed by atoms with Crippen LogP contribution >= 0.6 is 23.2 Å². The van der Waals surface area contributed by atoms with Gasteiger partial charge in [0.15, 0.2) is 5.58 Å². The molecule has 1 aromatic heterocycles. The van der Waals surface area contributed by atoms with Crippen LogP contribution in [0.1, 0.15) is 11.1 Å². The van der Waals surface area contributed by atoms with E-state index in [4.69, 9.17) is 27.6 Å². The van der Waals surface area contributed by atoms with Crippen LogP contribution in [-0.4, -0.2) is 16.3 Å². The highest BCUT2D eigenvalue weighted by Crippen LogP contribution is 2.34. The number of rotatable bonds is 3. The Morgan fingerprint density at radius 3 is 2.70 bits per heavy atom. The van der Waals surface area contributed by atoms with Crippen LogP contribution in [0, 0.1) is 6.92 Å². The first-order chi connectivity index (χ1) is 13.0. The number of phenols is 1. The van der Waals surface area contributed by atoms with Crippen LogP contribution in [0.15, 0.2) is 64.0 Å². The highest BCUT2D eigenvalue weighted by atomic mass is 35.5. The van der Waals surface area contributed by atoms with Gasteiger partial charge in [0.05, 0.1) is 11.3 Å². The van der Waals surface area contributed by atoms with E-state index in [0.717, 1.165) is 11.1 Å². The van der Waals surface area contributed by atoms with Crippen molar-refractivity contribution in [3.05, 3.63) is 75.8 Å². The maximum absolute atomic E-state index is 10.4. The third kappa shape index (κ3) is 3.68. The van der Waals surface area contributed by atoms with Crippen molar-refractivity contribution in [1.29, 1.82) is 0 Å². The molecule has 0 spiro atoms. The molecule has 4 rings (SSSR count). The van der Waals surface area contributed by atoms with Gasteiger partial charge in [0.1, 0.15) is 11.3 Å². The predicted octanol–water partition coefficient (Wildman–Crippen LogP) is 6.57. The molecule has 0 aliphatic rings. The number of aromatic hydroxyl groups is 1. The number of fused-ring (bicyclic) bond motifs is 1. The van der Waals surface area contributed by atoms with Crippen LogP contribution in [0.3, 0.4) is 0 Å². The average Bonchev–Trinajstić information content (AvgIpc) is 3.05. The second-order valence-electron chi connectivity index (χ2n) is 6.12. The number of hydrogen-bond acceptors (Lipinski definition) is 4. The van der Waals surface area contributed by atoms with Gasteiger partial charge in [0, 0.05) is 27.9 Å². The van der Waals surface area contributed by atoms with Gasteiger partial charge in [-0.25, -0.2) is 4.98 Å². The van der Waals surface area contributed by atoms with Gasteiger partial charge < -0.3 is 9.52 Å². The lowest BCUT2D eigenvalue weighted by Gasteiger charge is -2.02. The van der Waals surface area contributed by atoms with Crippen molar-refractivity contribution in [1.82, 2.24) is 4.98 Å². The van der Waals surface area contributed by atoms with Gasteiger partial charge in [0.2, 0.25) is 5.89 Å². The molecule has 4 nitrogen and oxygen atoms in total. The van der Waals surface area contributed by atoms with Gasteiger partial charge in [-0.2, -0.15) is 0 Å². The maximum atomic E-state index is 10.4. The van der Waals surface area contributed by atoms with E-state index in [0.29, 0.717) is 38.3 Å². The van der Waals surface area contributed by atoms with Crippen LogP contribution in [-0.2, 0) is 0 Å². The Morgan fingerprint density at radius 2 is 1.89 bits per heavy atom. The molecule has 0 atom stereocenters. The summed E-state index contributed by atoms with van der Waals surface area (Å²) in [6.45, 7) is 1.98. The zero-order valence-corrected chi connectivity index (χ0v) is 15.8. The minimum atomic E-state index is 0.0325. The molecule has 0 fully saturated rings. The van der Waals surface area contributed by atoms with Gasteiger partial charge in [-0.15, -0.1) is 0 Å². The standard InChI is InChI=1S/C21H14Cl2N2O2/c1-12-2-7-18-20(8-12)27-21(25-18)16-5-4-15(10-19(16)26)24-11-13-9-14(22)3-6-17(13)23/h2-11,26H,1H3. The molecule has 0 radical (unpaired) electrons. The van der Waals surface area contributed by atoms with Crippen LogP contribution in [0.4, 0.5) is 5.69 Å². The predicted molar refractivity (Wildman–Crippen MR) is 110 cm³/mol. The van der Waals surface area contributed by atoms with Gasteiger partial charge in [-0.1, -0.05) is 29.3 Å². The van der Waals surface area contributed by atoms with Crippen molar-refractivity contribution in [2.45, 2.75) is 6.92 Å². The Morgan fingerprint density at radius 1 is 1.04 bits per heavy atom. The highest BCUT2D eigenvalue weighted by Gasteiger charge is 2.13. The Balaban J connectivity index is 1.65. The van der Waals surface area contributed by atoms with Crippen molar-refractivity contribution in [2.24, 2.45) is 4.99 Å². The van der Waals surface area contributed by atoms with E-state index in [2.05, 4.69) is 9.98 Å². The molecule has 1 heterocycles. The number of nitrogens with zero attached hydrogens (tertiary/aromatic N) is 2. The molecule has 6 heteroatoms. The average molecular weight is 397 g/mol. The van der Waals surface area contributed by atoms with Gasteiger partial charge in [0.25, 0.3) is 0 Å². The Hall–Kier alpha value is -2.82. The van der Waals surface area contributed by atoms with Gasteiger partial charge in [-0.3, -0.25) is 4.99 Å². The second-order valence-corrected chi connectivity index (χ2v) is 6.96. The SMILES string of the molecule is Cc1ccc2nc(-c3ccc(N=Cc4cc(Cl)ccc4Cl)cc3O)oc2c1. The van der Waals surface area contributed by atoms with Crippen molar-refractivity contribution in [3.63, 3.8) is 0 Å². The van der Waals surface area contributed by atoms with Crippen LogP contribution < -0.4 is 0 Å². The lowest BCUT2D eigenvalue weighted by molar-refractivity contribution is 0.474. The fraction of sp³-hybridized carbons (Fsp3) is 0.0476. The first kappa shape index (κ1) is 17.6. The topological polar surface area (TPSA) is 58.6 Å². The van der Waals surface area contributed by atoms with E-state index in [1.165, 1.54) is 0 Å². The number of aliphatic imine (C=N–C) groups is 1. The lowest BCUT2D eigenvalue weighted by atomic mass is 10.2.